The molecule has 4 rings (SSSR count). The van der Waals surface area contributed by atoms with Crippen molar-refractivity contribution in [3.8, 4) is 11.3 Å². The van der Waals surface area contributed by atoms with Gasteiger partial charge in [0.25, 0.3) is 0 Å². The van der Waals surface area contributed by atoms with Gasteiger partial charge in [0.1, 0.15) is 22.7 Å². The number of rotatable bonds is 7. The van der Waals surface area contributed by atoms with Gasteiger partial charge in [-0.2, -0.15) is 5.10 Å². The zero-order valence-electron chi connectivity index (χ0n) is 24.4. The van der Waals surface area contributed by atoms with E-state index in [-0.39, 0.29) is 12.4 Å². The Bertz CT molecular complexity index is 1450. The fourth-order valence-corrected chi connectivity index (χ4v) is 5.13. The van der Waals surface area contributed by atoms with Crippen molar-refractivity contribution in [1.29, 1.82) is 0 Å². The molecule has 41 heavy (non-hydrogen) atoms. The average Bonchev–Trinajstić information content (AvgIpc) is 3.43. The largest absolute Gasteiger partial charge is 0.444 e. The number of carbonyl (C=O) groups is 1. The van der Waals surface area contributed by atoms with E-state index in [1.807, 2.05) is 70.4 Å². The van der Waals surface area contributed by atoms with Crippen LogP contribution in [0, 0.1) is 5.82 Å². The number of amides is 1. The van der Waals surface area contributed by atoms with Crippen molar-refractivity contribution in [2.45, 2.75) is 45.8 Å². The van der Waals surface area contributed by atoms with Crippen LogP contribution in [0.15, 0.2) is 58.7 Å². The fraction of sp³-hybridized carbons (Fsp3) is 0.448. The van der Waals surface area contributed by atoms with Crippen LogP contribution < -0.4 is 15.3 Å². The summed E-state index contributed by atoms with van der Waals surface area (Å²) >= 11 is 1.50. The zero-order chi connectivity index (χ0) is 29.7. The van der Waals surface area contributed by atoms with Crippen LogP contribution in [-0.4, -0.2) is 75.8 Å². The number of piperazine rings is 1. The number of ether oxygens (including phenoxy) is 1. The van der Waals surface area contributed by atoms with Crippen molar-refractivity contribution in [2.75, 3.05) is 43.1 Å². The SMILES string of the molecule is CC/C(=C\N(C)c1nc(-c2ccc(F)cc2)cs1)N=c1ccc(N2CCN(C(=O)OC(C)(C)C)[C@@H](CO)C2)nn1C. The number of carbonyl (C=O) groups excluding carboxylic acids is 1. The molecule has 1 saturated heterocycles. The Morgan fingerprint density at radius 3 is 2.61 bits per heavy atom. The van der Waals surface area contributed by atoms with Crippen molar-refractivity contribution in [3.63, 3.8) is 0 Å². The monoisotopic (exact) mass is 583 g/mol. The molecule has 0 aliphatic carbocycles. The number of aliphatic hydroxyl groups is 1. The van der Waals surface area contributed by atoms with Crippen LogP contribution in [0.3, 0.4) is 0 Å². The highest BCUT2D eigenvalue weighted by molar-refractivity contribution is 7.14. The van der Waals surface area contributed by atoms with Crippen LogP contribution in [0.4, 0.5) is 20.1 Å². The molecule has 1 aliphatic heterocycles. The Morgan fingerprint density at radius 1 is 1.24 bits per heavy atom. The summed E-state index contributed by atoms with van der Waals surface area (Å²) in [6.45, 7) is 8.78. The molecule has 0 bridgehead atoms. The number of halogens is 1. The molecule has 0 spiro atoms. The van der Waals surface area contributed by atoms with Gasteiger partial charge in [0, 0.05) is 50.9 Å². The molecule has 3 heterocycles. The van der Waals surface area contributed by atoms with Crippen molar-refractivity contribution < 1.29 is 19.0 Å². The molecule has 1 fully saturated rings. The van der Waals surface area contributed by atoms with Crippen LogP contribution in [-0.2, 0) is 11.8 Å². The summed E-state index contributed by atoms with van der Waals surface area (Å²) in [5, 5.41) is 17.4. The predicted molar refractivity (Wildman–Crippen MR) is 159 cm³/mol. The number of aromatic nitrogens is 3. The molecule has 1 atom stereocenters. The van der Waals surface area contributed by atoms with Crippen molar-refractivity contribution in [1.82, 2.24) is 19.7 Å². The predicted octanol–water partition coefficient (Wildman–Crippen LogP) is 4.39. The van der Waals surface area contributed by atoms with E-state index in [1.165, 1.54) is 23.5 Å². The highest BCUT2D eigenvalue weighted by atomic mass is 32.1. The first kappa shape index (κ1) is 30.2. The second kappa shape index (κ2) is 12.8. The number of aryl methyl sites for hydroxylation is 1. The van der Waals surface area contributed by atoms with E-state index < -0.39 is 17.7 Å². The van der Waals surface area contributed by atoms with E-state index in [0.29, 0.717) is 31.5 Å². The van der Waals surface area contributed by atoms with E-state index in [1.54, 1.807) is 21.7 Å². The lowest BCUT2D eigenvalue weighted by molar-refractivity contribution is 0.00697. The molecule has 0 unspecified atom stereocenters. The molecule has 1 aliphatic rings. The lowest BCUT2D eigenvalue weighted by atomic mass is 10.1. The minimum Gasteiger partial charge on any atom is -0.444 e. The van der Waals surface area contributed by atoms with Crippen molar-refractivity contribution in [3.05, 3.63) is 65.0 Å². The minimum absolute atomic E-state index is 0.169. The van der Waals surface area contributed by atoms with Crippen LogP contribution >= 0.6 is 11.3 Å². The van der Waals surface area contributed by atoms with Crippen LogP contribution in [0.1, 0.15) is 34.1 Å². The molecular formula is C29H38FN7O3S. The van der Waals surface area contributed by atoms with Gasteiger partial charge < -0.3 is 19.6 Å². The third-order valence-electron chi connectivity index (χ3n) is 6.51. The third kappa shape index (κ3) is 7.70. The number of hydrogen-bond donors (Lipinski definition) is 1. The first-order valence-electron chi connectivity index (χ1n) is 13.6. The summed E-state index contributed by atoms with van der Waals surface area (Å²) in [4.78, 5) is 27.7. The van der Waals surface area contributed by atoms with Crippen molar-refractivity contribution >= 4 is 28.4 Å². The molecule has 3 aromatic rings. The Hall–Kier alpha value is -3.77. The smallest absolute Gasteiger partial charge is 0.410 e. The maximum atomic E-state index is 13.3. The normalized spacial score (nSPS) is 16.7. The van der Waals surface area contributed by atoms with Crippen LogP contribution in [0.5, 0.6) is 0 Å². The third-order valence-corrected chi connectivity index (χ3v) is 7.44. The van der Waals surface area contributed by atoms with Gasteiger partial charge in [-0.05, 0) is 63.6 Å². The van der Waals surface area contributed by atoms with Crippen LogP contribution in [0.2, 0.25) is 0 Å². The lowest BCUT2D eigenvalue weighted by Gasteiger charge is -2.41. The number of nitrogens with zero attached hydrogens (tertiary/aromatic N) is 7. The van der Waals surface area contributed by atoms with Gasteiger partial charge >= 0.3 is 6.09 Å². The maximum absolute atomic E-state index is 13.3. The summed E-state index contributed by atoms with van der Waals surface area (Å²) in [5.41, 5.74) is 2.59. The van der Waals surface area contributed by atoms with Gasteiger partial charge in [-0.1, -0.05) is 6.92 Å². The summed E-state index contributed by atoms with van der Waals surface area (Å²) in [6, 6.07) is 9.73. The molecule has 10 nitrogen and oxygen atoms in total. The standard InChI is InChI=1S/C29H38FN7O3S/c1-7-22(16-34(5)27-32-24(19-41-27)20-8-10-21(30)11-9-20)31-25-12-13-26(33-35(25)6)36-14-15-37(23(17-36)18-38)28(39)40-29(2,3)4/h8-13,16,19,23,38H,7,14-15,17-18H2,1-6H3/b22-16+,31-25?/t23-/m1/s1. The second-order valence-electron chi connectivity index (χ2n) is 10.8. The molecule has 0 saturated carbocycles. The van der Waals surface area contributed by atoms with Gasteiger partial charge in [-0.15, -0.1) is 11.3 Å². The topological polar surface area (TPSA) is 99.3 Å². The Labute approximate surface area is 244 Å². The molecule has 1 aromatic carbocycles. The van der Waals surface area contributed by atoms with E-state index in [2.05, 4.69) is 4.90 Å². The molecule has 2 aromatic heterocycles. The maximum Gasteiger partial charge on any atom is 0.410 e. The first-order valence-corrected chi connectivity index (χ1v) is 14.4. The van der Waals surface area contributed by atoms with Gasteiger partial charge in [-0.3, -0.25) is 4.90 Å². The first-order chi connectivity index (χ1) is 19.5. The minimum atomic E-state index is -0.601. The van der Waals surface area contributed by atoms with Gasteiger partial charge in [-0.25, -0.2) is 23.8 Å². The molecule has 1 amide bonds. The van der Waals surface area contributed by atoms with E-state index in [0.717, 1.165) is 27.9 Å². The highest BCUT2D eigenvalue weighted by Gasteiger charge is 2.33. The Balaban J connectivity index is 1.47. The summed E-state index contributed by atoms with van der Waals surface area (Å²) in [5.74, 6) is 0.466. The molecule has 12 heteroatoms. The van der Waals surface area contributed by atoms with Gasteiger partial charge in [0.05, 0.1) is 24.0 Å². The average molecular weight is 584 g/mol. The molecular weight excluding hydrogens is 545 g/mol. The second-order valence-corrected chi connectivity index (χ2v) is 11.7. The van der Waals surface area contributed by atoms with E-state index >= 15 is 0 Å². The van der Waals surface area contributed by atoms with Gasteiger partial charge in [0.2, 0.25) is 0 Å². The van der Waals surface area contributed by atoms with Crippen molar-refractivity contribution in [2.24, 2.45) is 12.0 Å². The zero-order valence-corrected chi connectivity index (χ0v) is 25.2. The Morgan fingerprint density at radius 2 is 1.98 bits per heavy atom. The summed E-state index contributed by atoms with van der Waals surface area (Å²) in [7, 11) is 3.77. The quantitative estimate of drug-likeness (QED) is 0.441. The molecule has 220 valence electrons. The summed E-state index contributed by atoms with van der Waals surface area (Å²) in [6.07, 6.45) is 2.23. The number of aliphatic hydroxyl groups excluding tert-OH is 1. The van der Waals surface area contributed by atoms with Crippen LogP contribution in [0.25, 0.3) is 11.3 Å². The fourth-order valence-electron chi connectivity index (χ4n) is 4.36. The highest BCUT2D eigenvalue weighted by Crippen LogP contribution is 2.27. The van der Waals surface area contributed by atoms with Gasteiger partial charge in [0.15, 0.2) is 5.13 Å². The Kier molecular flexibility index (Phi) is 9.44. The van der Waals surface area contributed by atoms with E-state index in [9.17, 15) is 14.3 Å². The lowest BCUT2D eigenvalue weighted by Crippen LogP contribution is -2.57. The molecule has 0 radical (unpaired) electrons. The number of allylic oxidation sites excluding steroid dienone is 1. The summed E-state index contributed by atoms with van der Waals surface area (Å²) < 4.78 is 20.5. The van der Waals surface area contributed by atoms with E-state index in [4.69, 9.17) is 19.8 Å². The number of benzene rings is 1. The molecule has 1 N–H and O–H groups in total. The number of hydrogen-bond acceptors (Lipinski definition) is 9. The number of thiazole rings is 1. The number of anilines is 2.